The molecule has 1 amide bonds. The van der Waals surface area contributed by atoms with Crippen LogP contribution in [0.25, 0.3) is 0 Å². The summed E-state index contributed by atoms with van der Waals surface area (Å²) >= 11 is 0. The smallest absolute Gasteiger partial charge is 0.326 e. The summed E-state index contributed by atoms with van der Waals surface area (Å²) in [4.78, 5) is 22.7. The maximum absolute atomic E-state index is 13.4. The molecule has 0 aliphatic rings. The Morgan fingerprint density at radius 1 is 1.35 bits per heavy atom. The predicted molar refractivity (Wildman–Crippen MR) is 69.2 cm³/mol. The minimum absolute atomic E-state index is 0.0310. The van der Waals surface area contributed by atoms with Gasteiger partial charge in [0.1, 0.15) is 17.7 Å². The molecule has 20 heavy (non-hydrogen) atoms. The molecule has 0 bridgehead atoms. The first kappa shape index (κ1) is 16.1. The van der Waals surface area contributed by atoms with Crippen LogP contribution in [0.5, 0.6) is 0 Å². The fourth-order valence-electron chi connectivity index (χ4n) is 1.75. The molecule has 0 unspecified atom stereocenters. The van der Waals surface area contributed by atoms with Crippen molar-refractivity contribution in [2.24, 2.45) is 0 Å². The van der Waals surface area contributed by atoms with Crippen molar-refractivity contribution in [1.29, 1.82) is 0 Å². The van der Waals surface area contributed by atoms with Gasteiger partial charge >= 0.3 is 5.97 Å². The number of carbonyl (C=O) groups excluding carboxylic acids is 1. The molecule has 1 aromatic rings. The first-order chi connectivity index (χ1) is 9.43. The number of carboxylic acid groups (broad SMARTS) is 1. The zero-order valence-corrected chi connectivity index (χ0v) is 11.2. The van der Waals surface area contributed by atoms with E-state index in [9.17, 15) is 18.4 Å². The van der Waals surface area contributed by atoms with Crippen LogP contribution in [0, 0.1) is 11.6 Å². The number of nitrogens with one attached hydrogen (secondary N) is 1. The van der Waals surface area contributed by atoms with Crippen LogP contribution in [0.1, 0.15) is 31.7 Å². The minimum Gasteiger partial charge on any atom is -0.480 e. The van der Waals surface area contributed by atoms with E-state index < -0.39 is 29.6 Å². The SMILES string of the molecule is CCCC[C@H](NC(=O)Cc1ccc(F)cc1F)C(=O)O. The fraction of sp³-hybridized carbons (Fsp3) is 0.429. The Labute approximate surface area is 115 Å². The number of benzene rings is 1. The van der Waals surface area contributed by atoms with Gasteiger partial charge in [-0.15, -0.1) is 0 Å². The summed E-state index contributed by atoms with van der Waals surface area (Å²) in [6.07, 6.45) is 1.49. The fourth-order valence-corrected chi connectivity index (χ4v) is 1.75. The molecule has 0 spiro atoms. The molecule has 110 valence electrons. The summed E-state index contributed by atoms with van der Waals surface area (Å²) in [5.41, 5.74) is 0.0310. The van der Waals surface area contributed by atoms with Crippen LogP contribution in [0.4, 0.5) is 8.78 Å². The molecule has 4 nitrogen and oxygen atoms in total. The largest absolute Gasteiger partial charge is 0.480 e. The van der Waals surface area contributed by atoms with Crippen molar-refractivity contribution < 1.29 is 23.5 Å². The van der Waals surface area contributed by atoms with Gasteiger partial charge in [0, 0.05) is 6.07 Å². The van der Waals surface area contributed by atoms with Crippen LogP contribution in [-0.2, 0) is 16.0 Å². The molecule has 1 rings (SSSR count). The van der Waals surface area contributed by atoms with Gasteiger partial charge in [0.15, 0.2) is 0 Å². The van der Waals surface area contributed by atoms with Crippen LogP contribution in [0.3, 0.4) is 0 Å². The molecule has 6 heteroatoms. The zero-order valence-electron chi connectivity index (χ0n) is 11.2. The first-order valence-corrected chi connectivity index (χ1v) is 6.40. The topological polar surface area (TPSA) is 66.4 Å². The molecule has 2 N–H and O–H groups in total. The van der Waals surface area contributed by atoms with Crippen LogP contribution in [-0.4, -0.2) is 23.0 Å². The molecular weight excluding hydrogens is 268 g/mol. The molecule has 0 aliphatic heterocycles. The molecule has 0 heterocycles. The van der Waals surface area contributed by atoms with E-state index >= 15 is 0 Å². The summed E-state index contributed by atoms with van der Waals surface area (Å²) in [5, 5.41) is 11.3. The monoisotopic (exact) mass is 285 g/mol. The normalized spacial score (nSPS) is 11.9. The molecular formula is C14H17F2NO3. The number of carboxylic acids is 1. The summed E-state index contributed by atoms with van der Waals surface area (Å²) in [6.45, 7) is 1.91. The molecule has 0 aromatic heterocycles. The van der Waals surface area contributed by atoms with Gasteiger partial charge in [-0.2, -0.15) is 0 Å². The average Bonchev–Trinajstić information content (AvgIpc) is 2.37. The second kappa shape index (κ2) is 7.57. The van der Waals surface area contributed by atoms with Gasteiger partial charge in [-0.25, -0.2) is 13.6 Å². The van der Waals surface area contributed by atoms with Crippen LogP contribution < -0.4 is 5.32 Å². The first-order valence-electron chi connectivity index (χ1n) is 6.40. The van der Waals surface area contributed by atoms with Gasteiger partial charge < -0.3 is 10.4 Å². The second-order valence-electron chi connectivity index (χ2n) is 4.51. The Morgan fingerprint density at radius 3 is 2.60 bits per heavy atom. The lowest BCUT2D eigenvalue weighted by atomic mass is 10.1. The van der Waals surface area contributed by atoms with Gasteiger partial charge in [-0.1, -0.05) is 25.8 Å². The van der Waals surface area contributed by atoms with E-state index in [4.69, 9.17) is 5.11 Å². The van der Waals surface area contributed by atoms with Gasteiger partial charge in [0.2, 0.25) is 5.91 Å². The van der Waals surface area contributed by atoms with E-state index in [0.29, 0.717) is 18.9 Å². The van der Waals surface area contributed by atoms with E-state index in [1.54, 1.807) is 0 Å². The van der Waals surface area contributed by atoms with Crippen molar-refractivity contribution in [3.8, 4) is 0 Å². The van der Waals surface area contributed by atoms with Crippen molar-refractivity contribution in [2.45, 2.75) is 38.6 Å². The Balaban J connectivity index is 2.63. The summed E-state index contributed by atoms with van der Waals surface area (Å²) in [7, 11) is 0. The summed E-state index contributed by atoms with van der Waals surface area (Å²) in [5.74, 6) is -3.26. The molecule has 0 fully saturated rings. The Bertz CT molecular complexity index is 491. The van der Waals surface area contributed by atoms with E-state index in [0.717, 1.165) is 12.5 Å². The van der Waals surface area contributed by atoms with Gasteiger partial charge in [-0.05, 0) is 18.1 Å². The lowest BCUT2D eigenvalue weighted by molar-refractivity contribution is -0.142. The zero-order chi connectivity index (χ0) is 15.1. The van der Waals surface area contributed by atoms with Gasteiger partial charge in [0.25, 0.3) is 0 Å². The maximum Gasteiger partial charge on any atom is 0.326 e. The third-order valence-corrected chi connectivity index (χ3v) is 2.85. The highest BCUT2D eigenvalue weighted by atomic mass is 19.1. The summed E-state index contributed by atoms with van der Waals surface area (Å²) < 4.78 is 26.1. The van der Waals surface area contributed by atoms with Crippen LogP contribution in [0.2, 0.25) is 0 Å². The van der Waals surface area contributed by atoms with E-state index in [1.165, 1.54) is 6.07 Å². The third kappa shape index (κ3) is 4.95. The quantitative estimate of drug-likeness (QED) is 0.807. The van der Waals surface area contributed by atoms with Gasteiger partial charge in [0.05, 0.1) is 6.42 Å². The van der Waals surface area contributed by atoms with Crippen molar-refractivity contribution >= 4 is 11.9 Å². The standard InChI is InChI=1S/C14H17F2NO3/c1-2-3-4-12(14(19)20)17-13(18)7-9-5-6-10(15)8-11(9)16/h5-6,8,12H,2-4,7H2,1H3,(H,17,18)(H,19,20)/t12-/m0/s1. The Hall–Kier alpha value is -1.98. The second-order valence-corrected chi connectivity index (χ2v) is 4.51. The van der Waals surface area contributed by atoms with E-state index in [-0.39, 0.29) is 12.0 Å². The number of rotatable bonds is 7. The molecule has 0 aliphatic carbocycles. The highest BCUT2D eigenvalue weighted by Gasteiger charge is 2.19. The van der Waals surface area contributed by atoms with Crippen molar-refractivity contribution in [3.05, 3.63) is 35.4 Å². The lowest BCUT2D eigenvalue weighted by Gasteiger charge is -2.14. The predicted octanol–water partition coefficient (Wildman–Crippen LogP) is 2.27. The average molecular weight is 285 g/mol. The van der Waals surface area contributed by atoms with Crippen LogP contribution in [0.15, 0.2) is 18.2 Å². The van der Waals surface area contributed by atoms with E-state index in [1.807, 2.05) is 6.92 Å². The molecule has 1 atom stereocenters. The summed E-state index contributed by atoms with van der Waals surface area (Å²) in [6, 6.07) is 1.93. The number of halogens is 2. The van der Waals surface area contributed by atoms with Gasteiger partial charge in [-0.3, -0.25) is 4.79 Å². The number of carbonyl (C=O) groups is 2. The highest BCUT2D eigenvalue weighted by Crippen LogP contribution is 2.10. The molecule has 0 saturated heterocycles. The Kier molecular flexibility index (Phi) is 6.09. The molecule has 0 radical (unpaired) electrons. The number of hydrogen-bond acceptors (Lipinski definition) is 2. The molecule has 0 saturated carbocycles. The maximum atomic E-state index is 13.4. The number of aliphatic carboxylic acids is 1. The lowest BCUT2D eigenvalue weighted by Crippen LogP contribution is -2.41. The van der Waals surface area contributed by atoms with Crippen molar-refractivity contribution in [1.82, 2.24) is 5.32 Å². The minimum atomic E-state index is -1.12. The van der Waals surface area contributed by atoms with Crippen molar-refractivity contribution in [3.63, 3.8) is 0 Å². The highest BCUT2D eigenvalue weighted by molar-refractivity contribution is 5.84. The third-order valence-electron chi connectivity index (χ3n) is 2.85. The van der Waals surface area contributed by atoms with Crippen LogP contribution >= 0.6 is 0 Å². The Morgan fingerprint density at radius 2 is 2.05 bits per heavy atom. The van der Waals surface area contributed by atoms with Crippen molar-refractivity contribution in [2.75, 3.05) is 0 Å². The van der Waals surface area contributed by atoms with E-state index in [2.05, 4.69) is 5.32 Å². The number of hydrogen-bond donors (Lipinski definition) is 2. The number of unbranched alkanes of at least 4 members (excludes halogenated alkanes) is 1. The molecule has 1 aromatic carbocycles. The number of amides is 1.